The van der Waals surface area contributed by atoms with Crippen LogP contribution in [0.4, 0.5) is 5.69 Å². The zero-order valence-corrected chi connectivity index (χ0v) is 14.0. The van der Waals surface area contributed by atoms with Crippen LogP contribution in [0.2, 0.25) is 0 Å². The van der Waals surface area contributed by atoms with E-state index in [2.05, 4.69) is 22.5 Å². The molecule has 2 rings (SSSR count). The van der Waals surface area contributed by atoms with Gasteiger partial charge in [0.05, 0.1) is 11.5 Å². The monoisotopic (exact) mass is 318 g/mol. The standard InChI is InChI=1S/C17H26N4O2/c1-3-17(10-5-11-17)13-20-16(18-4-2)19-12-14-6-8-15(9-7-14)21(22)23/h6-9H,3-5,10-13H2,1-2H3,(H2,18,19,20). The number of guanidine groups is 1. The molecule has 6 heteroatoms. The number of nitrogens with one attached hydrogen (secondary N) is 2. The SMILES string of the molecule is CCNC(=NCc1ccc([N+](=O)[O-])cc1)NCC1(CC)CCC1. The van der Waals surface area contributed by atoms with Crippen molar-refractivity contribution in [3.05, 3.63) is 39.9 Å². The third kappa shape index (κ3) is 4.68. The molecule has 0 saturated heterocycles. The molecule has 0 heterocycles. The van der Waals surface area contributed by atoms with Gasteiger partial charge in [0, 0.05) is 25.2 Å². The molecule has 2 N–H and O–H groups in total. The minimum Gasteiger partial charge on any atom is -0.357 e. The van der Waals surface area contributed by atoms with E-state index in [1.165, 1.54) is 37.8 Å². The second kappa shape index (κ2) is 7.94. The molecule has 1 aliphatic rings. The van der Waals surface area contributed by atoms with Crippen LogP contribution >= 0.6 is 0 Å². The summed E-state index contributed by atoms with van der Waals surface area (Å²) in [5, 5.41) is 17.4. The summed E-state index contributed by atoms with van der Waals surface area (Å²) in [6, 6.07) is 6.55. The normalized spacial score (nSPS) is 16.5. The first-order valence-corrected chi connectivity index (χ1v) is 8.34. The zero-order chi connectivity index (χ0) is 16.7. The molecule has 1 aromatic carbocycles. The third-order valence-corrected chi connectivity index (χ3v) is 4.71. The summed E-state index contributed by atoms with van der Waals surface area (Å²) in [6.07, 6.45) is 5.10. The van der Waals surface area contributed by atoms with Gasteiger partial charge in [-0.2, -0.15) is 0 Å². The molecule has 0 spiro atoms. The van der Waals surface area contributed by atoms with Crippen LogP contribution in [0.15, 0.2) is 29.3 Å². The van der Waals surface area contributed by atoms with Crippen molar-refractivity contribution >= 4 is 11.6 Å². The van der Waals surface area contributed by atoms with E-state index in [4.69, 9.17) is 0 Å². The van der Waals surface area contributed by atoms with E-state index >= 15 is 0 Å². The van der Waals surface area contributed by atoms with Crippen molar-refractivity contribution in [1.29, 1.82) is 0 Å². The van der Waals surface area contributed by atoms with E-state index in [-0.39, 0.29) is 10.6 Å². The van der Waals surface area contributed by atoms with Gasteiger partial charge in [-0.15, -0.1) is 0 Å². The zero-order valence-electron chi connectivity index (χ0n) is 14.0. The molecular weight excluding hydrogens is 292 g/mol. The summed E-state index contributed by atoms with van der Waals surface area (Å²) in [5.41, 5.74) is 1.50. The number of non-ortho nitro benzene ring substituents is 1. The van der Waals surface area contributed by atoms with Crippen molar-refractivity contribution in [1.82, 2.24) is 10.6 Å². The Hall–Kier alpha value is -2.11. The molecule has 1 aliphatic carbocycles. The Morgan fingerprint density at radius 2 is 1.96 bits per heavy atom. The first-order chi connectivity index (χ1) is 11.1. The Morgan fingerprint density at radius 1 is 1.26 bits per heavy atom. The highest BCUT2D eigenvalue weighted by Crippen LogP contribution is 2.42. The Bertz CT molecular complexity index is 545. The largest absolute Gasteiger partial charge is 0.357 e. The first kappa shape index (κ1) is 17.2. The number of benzene rings is 1. The van der Waals surface area contributed by atoms with Gasteiger partial charge in [0.1, 0.15) is 0 Å². The molecule has 0 radical (unpaired) electrons. The Balaban J connectivity index is 1.93. The maximum atomic E-state index is 10.7. The molecule has 0 unspecified atom stereocenters. The second-order valence-corrected chi connectivity index (χ2v) is 6.18. The minimum absolute atomic E-state index is 0.109. The van der Waals surface area contributed by atoms with Gasteiger partial charge in [0.15, 0.2) is 5.96 Å². The maximum absolute atomic E-state index is 10.7. The highest BCUT2D eigenvalue weighted by molar-refractivity contribution is 5.79. The quantitative estimate of drug-likeness (QED) is 0.350. The number of nitro groups is 1. The van der Waals surface area contributed by atoms with Gasteiger partial charge in [-0.1, -0.05) is 25.5 Å². The molecule has 0 aromatic heterocycles. The number of hydrogen-bond donors (Lipinski definition) is 2. The number of nitro benzene ring substituents is 1. The van der Waals surface area contributed by atoms with Crippen molar-refractivity contribution in [2.45, 2.75) is 46.1 Å². The summed E-state index contributed by atoms with van der Waals surface area (Å²) in [7, 11) is 0. The molecule has 23 heavy (non-hydrogen) atoms. The van der Waals surface area contributed by atoms with Gasteiger partial charge in [0.25, 0.3) is 5.69 Å². The molecule has 0 bridgehead atoms. The average Bonchev–Trinajstić information content (AvgIpc) is 2.52. The highest BCUT2D eigenvalue weighted by atomic mass is 16.6. The van der Waals surface area contributed by atoms with Crippen LogP contribution in [0.1, 0.15) is 45.1 Å². The topological polar surface area (TPSA) is 79.6 Å². The second-order valence-electron chi connectivity index (χ2n) is 6.18. The third-order valence-electron chi connectivity index (χ3n) is 4.71. The van der Waals surface area contributed by atoms with Crippen LogP contribution in [-0.2, 0) is 6.54 Å². The molecule has 6 nitrogen and oxygen atoms in total. The number of nitrogens with zero attached hydrogens (tertiary/aromatic N) is 2. The van der Waals surface area contributed by atoms with E-state index in [1.807, 2.05) is 6.92 Å². The van der Waals surface area contributed by atoms with Gasteiger partial charge >= 0.3 is 0 Å². The Kier molecular flexibility index (Phi) is 5.96. The van der Waals surface area contributed by atoms with Crippen molar-refractivity contribution in [2.75, 3.05) is 13.1 Å². The summed E-state index contributed by atoms with van der Waals surface area (Å²) in [5.74, 6) is 0.811. The van der Waals surface area contributed by atoms with Crippen LogP contribution in [0.25, 0.3) is 0 Å². The molecule has 0 atom stereocenters. The predicted octanol–water partition coefficient (Wildman–Crippen LogP) is 3.23. The lowest BCUT2D eigenvalue weighted by Crippen LogP contribution is -2.46. The lowest BCUT2D eigenvalue weighted by molar-refractivity contribution is -0.384. The average molecular weight is 318 g/mol. The summed E-state index contributed by atoms with van der Waals surface area (Å²) < 4.78 is 0. The first-order valence-electron chi connectivity index (χ1n) is 8.34. The van der Waals surface area contributed by atoms with Crippen LogP contribution in [0, 0.1) is 15.5 Å². The lowest BCUT2D eigenvalue weighted by atomic mass is 9.67. The van der Waals surface area contributed by atoms with Crippen molar-refractivity contribution in [3.63, 3.8) is 0 Å². The summed E-state index contributed by atoms with van der Waals surface area (Å²) >= 11 is 0. The smallest absolute Gasteiger partial charge is 0.269 e. The van der Waals surface area contributed by atoms with E-state index in [0.717, 1.165) is 24.6 Å². The van der Waals surface area contributed by atoms with E-state index in [0.29, 0.717) is 12.0 Å². The number of aliphatic imine (C=N–C) groups is 1. The van der Waals surface area contributed by atoms with E-state index in [9.17, 15) is 10.1 Å². The fourth-order valence-electron chi connectivity index (χ4n) is 2.84. The van der Waals surface area contributed by atoms with Gasteiger partial charge < -0.3 is 10.6 Å². The molecule has 0 amide bonds. The highest BCUT2D eigenvalue weighted by Gasteiger charge is 2.34. The molecule has 126 valence electrons. The summed E-state index contributed by atoms with van der Waals surface area (Å²) in [6.45, 7) is 6.57. The van der Waals surface area contributed by atoms with E-state index in [1.54, 1.807) is 12.1 Å². The van der Waals surface area contributed by atoms with Crippen LogP contribution in [0.5, 0.6) is 0 Å². The van der Waals surface area contributed by atoms with Gasteiger partial charge in [-0.3, -0.25) is 10.1 Å². The molecule has 1 fully saturated rings. The fraction of sp³-hybridized carbons (Fsp3) is 0.588. The van der Waals surface area contributed by atoms with Crippen LogP contribution in [-0.4, -0.2) is 24.0 Å². The molecular formula is C17H26N4O2. The minimum atomic E-state index is -0.387. The van der Waals surface area contributed by atoms with Crippen molar-refractivity contribution < 1.29 is 4.92 Å². The van der Waals surface area contributed by atoms with Gasteiger partial charge in [-0.25, -0.2) is 4.99 Å². The summed E-state index contributed by atoms with van der Waals surface area (Å²) in [4.78, 5) is 14.9. The number of rotatable bonds is 7. The van der Waals surface area contributed by atoms with Crippen molar-refractivity contribution in [3.8, 4) is 0 Å². The molecule has 0 aliphatic heterocycles. The van der Waals surface area contributed by atoms with Gasteiger partial charge in [0.2, 0.25) is 0 Å². The maximum Gasteiger partial charge on any atom is 0.269 e. The Labute approximate surface area is 137 Å². The lowest BCUT2D eigenvalue weighted by Gasteiger charge is -2.41. The van der Waals surface area contributed by atoms with Crippen LogP contribution in [0.3, 0.4) is 0 Å². The van der Waals surface area contributed by atoms with Gasteiger partial charge in [-0.05, 0) is 37.2 Å². The Morgan fingerprint density at radius 3 is 2.43 bits per heavy atom. The molecule has 1 aromatic rings. The van der Waals surface area contributed by atoms with Crippen molar-refractivity contribution in [2.24, 2.45) is 10.4 Å². The number of hydrogen-bond acceptors (Lipinski definition) is 3. The predicted molar refractivity (Wildman–Crippen MR) is 92.5 cm³/mol. The van der Waals surface area contributed by atoms with Crippen LogP contribution < -0.4 is 10.6 Å². The fourth-order valence-corrected chi connectivity index (χ4v) is 2.84. The molecule has 1 saturated carbocycles. The van der Waals surface area contributed by atoms with E-state index < -0.39 is 0 Å².